The molecule has 0 radical (unpaired) electrons. The molecule has 0 aromatic heterocycles. The summed E-state index contributed by atoms with van der Waals surface area (Å²) in [7, 11) is 0. The van der Waals surface area contributed by atoms with Crippen molar-refractivity contribution in [2.45, 2.75) is 25.3 Å². The minimum atomic E-state index is 0.161. The lowest BCUT2D eigenvalue weighted by molar-refractivity contribution is 0.273. The zero-order chi connectivity index (χ0) is 13.9. The lowest BCUT2D eigenvalue weighted by atomic mass is 10.1. The van der Waals surface area contributed by atoms with Crippen LogP contribution < -0.4 is 10.6 Å². The number of nitrogens with two attached hydrogens (primary N) is 1. The summed E-state index contributed by atoms with van der Waals surface area (Å²) in [6, 6.07) is 8.68. The monoisotopic (exact) mass is 274 g/mol. The first-order valence-electron chi connectivity index (χ1n) is 7.35. The Kier molecular flexibility index (Phi) is 3.78. The summed E-state index contributed by atoms with van der Waals surface area (Å²) in [5.41, 5.74) is 7.59. The zero-order valence-corrected chi connectivity index (χ0v) is 11.7. The van der Waals surface area contributed by atoms with Gasteiger partial charge in [0.2, 0.25) is 0 Å². The first-order chi connectivity index (χ1) is 9.78. The highest BCUT2D eigenvalue weighted by atomic mass is 16.4. The third-order valence-electron chi connectivity index (χ3n) is 4.44. The molecule has 3 rings (SSSR count). The van der Waals surface area contributed by atoms with E-state index >= 15 is 0 Å². The number of benzene rings is 1. The van der Waals surface area contributed by atoms with E-state index < -0.39 is 0 Å². The number of nitrogens with zero attached hydrogens (tertiary/aromatic N) is 3. The van der Waals surface area contributed by atoms with Gasteiger partial charge in [0, 0.05) is 36.9 Å². The second-order valence-corrected chi connectivity index (χ2v) is 5.66. The van der Waals surface area contributed by atoms with Crippen LogP contribution >= 0.6 is 0 Å². The van der Waals surface area contributed by atoms with Gasteiger partial charge in [0.05, 0.1) is 0 Å². The third-order valence-corrected chi connectivity index (χ3v) is 4.44. The van der Waals surface area contributed by atoms with Crippen LogP contribution in [0, 0.1) is 0 Å². The van der Waals surface area contributed by atoms with E-state index in [-0.39, 0.29) is 5.84 Å². The molecular formula is C15H22N4O. The number of hydrogen-bond acceptors (Lipinski definition) is 4. The smallest absolute Gasteiger partial charge is 0.170 e. The maximum atomic E-state index is 8.69. The van der Waals surface area contributed by atoms with Crippen LogP contribution in [0.5, 0.6) is 0 Å². The Hall–Kier alpha value is -1.75. The highest BCUT2D eigenvalue weighted by Crippen LogP contribution is 2.25. The quantitative estimate of drug-likeness (QED) is 0.371. The summed E-state index contributed by atoms with van der Waals surface area (Å²) < 4.78 is 0. The predicted octanol–water partition coefficient (Wildman–Crippen LogP) is 1.46. The largest absolute Gasteiger partial charge is 0.409 e. The van der Waals surface area contributed by atoms with Crippen LogP contribution in [0.25, 0.3) is 0 Å². The fourth-order valence-electron chi connectivity index (χ4n) is 3.34. The molecular weight excluding hydrogens is 252 g/mol. The van der Waals surface area contributed by atoms with Crippen LogP contribution in [-0.4, -0.2) is 48.2 Å². The molecule has 2 aliphatic heterocycles. The fraction of sp³-hybridized carbons (Fsp3) is 0.533. The van der Waals surface area contributed by atoms with Crippen LogP contribution in [-0.2, 0) is 0 Å². The molecule has 0 saturated carbocycles. The van der Waals surface area contributed by atoms with Gasteiger partial charge in [-0.3, -0.25) is 4.90 Å². The predicted molar refractivity (Wildman–Crippen MR) is 80.4 cm³/mol. The lowest BCUT2D eigenvalue weighted by Gasteiger charge is -2.27. The van der Waals surface area contributed by atoms with Crippen molar-refractivity contribution in [1.82, 2.24) is 4.90 Å². The first kappa shape index (κ1) is 13.2. The van der Waals surface area contributed by atoms with Crippen molar-refractivity contribution >= 4 is 11.5 Å². The summed E-state index contributed by atoms with van der Waals surface area (Å²) in [6.07, 6.45) is 3.87. The summed E-state index contributed by atoms with van der Waals surface area (Å²) in [5, 5.41) is 11.7. The van der Waals surface area contributed by atoms with Gasteiger partial charge in [0.25, 0.3) is 0 Å². The maximum absolute atomic E-state index is 8.69. The summed E-state index contributed by atoms with van der Waals surface area (Å²) >= 11 is 0. The lowest BCUT2D eigenvalue weighted by Crippen LogP contribution is -2.36. The molecule has 1 atom stereocenters. The number of rotatable bonds is 2. The standard InChI is InChI=1S/C15H22N4O/c16-15(17-20)12-4-6-13(7-5-12)19-10-2-9-18-8-1-3-14(18)11-19/h4-7,14,20H,1-3,8-11H2,(H2,16,17). The van der Waals surface area contributed by atoms with Crippen molar-refractivity contribution in [3.8, 4) is 0 Å². The van der Waals surface area contributed by atoms with Crippen molar-refractivity contribution in [2.24, 2.45) is 10.9 Å². The van der Waals surface area contributed by atoms with E-state index in [4.69, 9.17) is 10.9 Å². The molecule has 1 aromatic rings. The first-order valence-corrected chi connectivity index (χ1v) is 7.35. The van der Waals surface area contributed by atoms with Crippen molar-refractivity contribution < 1.29 is 5.21 Å². The minimum absolute atomic E-state index is 0.161. The topological polar surface area (TPSA) is 65.1 Å². The van der Waals surface area contributed by atoms with Crippen molar-refractivity contribution in [1.29, 1.82) is 0 Å². The number of anilines is 1. The molecule has 1 aromatic carbocycles. The Morgan fingerprint density at radius 2 is 1.90 bits per heavy atom. The fourth-order valence-corrected chi connectivity index (χ4v) is 3.34. The Labute approximate surface area is 119 Å². The molecule has 5 heteroatoms. The molecule has 0 aliphatic carbocycles. The van der Waals surface area contributed by atoms with E-state index in [0.717, 1.165) is 18.7 Å². The number of amidine groups is 1. The van der Waals surface area contributed by atoms with Crippen molar-refractivity contribution in [2.75, 3.05) is 31.1 Å². The van der Waals surface area contributed by atoms with Gasteiger partial charge in [-0.25, -0.2) is 0 Å². The number of oxime groups is 1. The zero-order valence-electron chi connectivity index (χ0n) is 11.7. The molecule has 0 amide bonds. The number of hydrogen-bond donors (Lipinski definition) is 2. The Morgan fingerprint density at radius 3 is 2.65 bits per heavy atom. The molecule has 5 nitrogen and oxygen atoms in total. The van der Waals surface area contributed by atoms with Crippen LogP contribution in [0.2, 0.25) is 0 Å². The second-order valence-electron chi connectivity index (χ2n) is 5.66. The van der Waals surface area contributed by atoms with Gasteiger partial charge >= 0.3 is 0 Å². The van der Waals surface area contributed by atoms with E-state index in [1.54, 1.807) is 0 Å². The Morgan fingerprint density at radius 1 is 1.15 bits per heavy atom. The molecule has 1 unspecified atom stereocenters. The Bertz CT molecular complexity index is 485. The van der Waals surface area contributed by atoms with Crippen LogP contribution in [0.1, 0.15) is 24.8 Å². The molecule has 20 heavy (non-hydrogen) atoms. The molecule has 2 heterocycles. The van der Waals surface area contributed by atoms with Gasteiger partial charge in [-0.1, -0.05) is 5.16 Å². The van der Waals surface area contributed by atoms with Crippen molar-refractivity contribution in [3.05, 3.63) is 29.8 Å². The summed E-state index contributed by atoms with van der Waals surface area (Å²) in [5.74, 6) is 0.161. The SMILES string of the molecule is NC(=NO)c1ccc(N2CCCN3CCCC3C2)cc1. The molecule has 2 fully saturated rings. The maximum Gasteiger partial charge on any atom is 0.170 e. The molecule has 3 N–H and O–H groups in total. The highest BCUT2D eigenvalue weighted by molar-refractivity contribution is 5.97. The second kappa shape index (κ2) is 5.71. The van der Waals surface area contributed by atoms with Gasteiger partial charge in [-0.15, -0.1) is 0 Å². The van der Waals surface area contributed by atoms with E-state index in [0.29, 0.717) is 6.04 Å². The van der Waals surface area contributed by atoms with Crippen molar-refractivity contribution in [3.63, 3.8) is 0 Å². The van der Waals surface area contributed by atoms with Gasteiger partial charge in [-0.05, 0) is 50.1 Å². The average molecular weight is 274 g/mol. The van der Waals surface area contributed by atoms with Crippen LogP contribution in [0.4, 0.5) is 5.69 Å². The van der Waals surface area contributed by atoms with E-state index in [1.165, 1.54) is 38.0 Å². The van der Waals surface area contributed by atoms with E-state index in [2.05, 4.69) is 27.1 Å². The molecule has 0 spiro atoms. The van der Waals surface area contributed by atoms with Crippen LogP contribution in [0.3, 0.4) is 0 Å². The van der Waals surface area contributed by atoms with Gasteiger partial charge in [0.1, 0.15) is 0 Å². The molecule has 2 saturated heterocycles. The van der Waals surface area contributed by atoms with Gasteiger partial charge in [-0.2, -0.15) is 0 Å². The number of fused-ring (bicyclic) bond motifs is 1. The van der Waals surface area contributed by atoms with Gasteiger partial charge < -0.3 is 15.8 Å². The molecule has 108 valence electrons. The Balaban J connectivity index is 1.74. The van der Waals surface area contributed by atoms with E-state index in [9.17, 15) is 0 Å². The summed E-state index contributed by atoms with van der Waals surface area (Å²) in [4.78, 5) is 5.09. The molecule has 0 bridgehead atoms. The average Bonchev–Trinajstić information content (AvgIpc) is 2.83. The normalized spacial score (nSPS) is 24.5. The minimum Gasteiger partial charge on any atom is -0.409 e. The molecule has 2 aliphatic rings. The van der Waals surface area contributed by atoms with Gasteiger partial charge in [0.15, 0.2) is 5.84 Å². The third kappa shape index (κ3) is 2.58. The van der Waals surface area contributed by atoms with Crippen LogP contribution in [0.15, 0.2) is 29.4 Å². The summed E-state index contributed by atoms with van der Waals surface area (Å²) in [6.45, 7) is 4.71. The van der Waals surface area contributed by atoms with E-state index in [1.807, 2.05) is 12.1 Å². The highest BCUT2D eigenvalue weighted by Gasteiger charge is 2.28.